The van der Waals surface area contributed by atoms with Gasteiger partial charge in [0.1, 0.15) is 6.04 Å². The number of amides is 1. The van der Waals surface area contributed by atoms with Crippen LogP contribution < -0.4 is 5.32 Å². The molecule has 0 aromatic carbocycles. The Morgan fingerprint density at radius 3 is 2.42 bits per heavy atom. The predicted molar refractivity (Wildman–Crippen MR) is 64.7 cm³/mol. The first-order valence-electron chi connectivity index (χ1n) is 5.86. The first-order valence-corrected chi connectivity index (χ1v) is 5.86. The minimum atomic E-state index is -0.788. The summed E-state index contributed by atoms with van der Waals surface area (Å²) in [5.41, 5.74) is 0. The minimum absolute atomic E-state index is 0.0472. The number of rotatable bonds is 8. The van der Waals surface area contributed by atoms with Crippen LogP contribution in [0.2, 0.25) is 0 Å². The summed E-state index contributed by atoms with van der Waals surface area (Å²) in [6.45, 7) is 0. The lowest BCUT2D eigenvalue weighted by atomic mass is 10.1. The largest absolute Gasteiger partial charge is 0.469 e. The highest BCUT2D eigenvalue weighted by Crippen LogP contribution is 2.03. The highest BCUT2D eigenvalue weighted by Gasteiger charge is 2.21. The van der Waals surface area contributed by atoms with Crippen LogP contribution in [0.15, 0.2) is 0 Å². The van der Waals surface area contributed by atoms with Crippen molar-refractivity contribution in [3.05, 3.63) is 0 Å². The molecule has 1 amide bonds. The van der Waals surface area contributed by atoms with Crippen molar-refractivity contribution >= 4 is 17.8 Å². The van der Waals surface area contributed by atoms with E-state index >= 15 is 0 Å². The number of esters is 2. The zero-order valence-electron chi connectivity index (χ0n) is 11.1. The summed E-state index contributed by atoms with van der Waals surface area (Å²) in [6, 6.07) is 1.17. The van der Waals surface area contributed by atoms with Crippen LogP contribution in [0.1, 0.15) is 32.1 Å². The van der Waals surface area contributed by atoms with Crippen LogP contribution >= 0.6 is 0 Å². The van der Waals surface area contributed by atoms with Gasteiger partial charge in [0, 0.05) is 12.8 Å². The fourth-order valence-electron chi connectivity index (χ4n) is 1.36. The molecule has 7 nitrogen and oxygen atoms in total. The maximum Gasteiger partial charge on any atom is 0.328 e. The lowest BCUT2D eigenvalue weighted by Crippen LogP contribution is -2.41. The molecule has 0 aromatic rings. The van der Waals surface area contributed by atoms with Crippen LogP contribution in [-0.2, 0) is 23.9 Å². The van der Waals surface area contributed by atoms with Gasteiger partial charge in [-0.2, -0.15) is 5.26 Å². The molecule has 1 N–H and O–H groups in total. The quantitative estimate of drug-likeness (QED) is 0.502. The van der Waals surface area contributed by atoms with E-state index in [0.717, 1.165) is 0 Å². The Balaban J connectivity index is 4.23. The van der Waals surface area contributed by atoms with Gasteiger partial charge in [0.25, 0.3) is 0 Å². The molecule has 0 saturated carbocycles. The van der Waals surface area contributed by atoms with Crippen LogP contribution in [-0.4, -0.2) is 38.1 Å². The van der Waals surface area contributed by atoms with Crippen molar-refractivity contribution in [1.29, 1.82) is 5.26 Å². The first-order chi connectivity index (χ1) is 9.04. The van der Waals surface area contributed by atoms with Crippen LogP contribution in [0.5, 0.6) is 0 Å². The second-order valence-electron chi connectivity index (χ2n) is 3.77. The van der Waals surface area contributed by atoms with Crippen molar-refractivity contribution in [2.24, 2.45) is 0 Å². The van der Waals surface area contributed by atoms with E-state index in [9.17, 15) is 14.4 Å². The lowest BCUT2D eigenvalue weighted by Gasteiger charge is -2.15. The Morgan fingerprint density at radius 1 is 1.21 bits per heavy atom. The van der Waals surface area contributed by atoms with E-state index in [2.05, 4.69) is 14.8 Å². The molecule has 0 saturated heterocycles. The smallest absolute Gasteiger partial charge is 0.328 e. The maximum absolute atomic E-state index is 11.5. The maximum atomic E-state index is 11.5. The van der Waals surface area contributed by atoms with E-state index in [4.69, 9.17) is 5.26 Å². The molecule has 0 bridgehead atoms. The van der Waals surface area contributed by atoms with E-state index in [1.54, 1.807) is 0 Å². The summed E-state index contributed by atoms with van der Waals surface area (Å²) >= 11 is 0. The number of nitriles is 1. The van der Waals surface area contributed by atoms with E-state index in [1.165, 1.54) is 14.2 Å². The number of nitrogens with one attached hydrogen (secondary N) is 1. The van der Waals surface area contributed by atoms with E-state index in [0.29, 0.717) is 19.3 Å². The monoisotopic (exact) mass is 270 g/mol. The van der Waals surface area contributed by atoms with E-state index in [1.807, 2.05) is 6.07 Å². The van der Waals surface area contributed by atoms with Crippen LogP contribution in [0.25, 0.3) is 0 Å². The number of ether oxygens (including phenoxy) is 2. The summed E-state index contributed by atoms with van der Waals surface area (Å²) < 4.78 is 8.97. The fraction of sp³-hybridized carbons (Fsp3) is 0.667. The van der Waals surface area contributed by atoms with E-state index < -0.39 is 23.9 Å². The number of carbonyl (C=O) groups excluding carboxylic acids is 3. The van der Waals surface area contributed by atoms with Gasteiger partial charge in [-0.15, -0.1) is 0 Å². The standard InChI is InChI=1S/C12H18N2O5/c1-18-11(16)7-6-10(15)14-9(12(17)19-2)5-3-4-8-13/h9H,3-7H2,1-2H3,(H,14,15)/t9-/m0/s1. The molecule has 0 aliphatic heterocycles. The van der Waals surface area contributed by atoms with Gasteiger partial charge >= 0.3 is 11.9 Å². The molecule has 0 unspecified atom stereocenters. The second kappa shape index (κ2) is 9.88. The van der Waals surface area contributed by atoms with Crippen molar-refractivity contribution in [2.45, 2.75) is 38.1 Å². The van der Waals surface area contributed by atoms with Gasteiger partial charge in [-0.25, -0.2) is 4.79 Å². The van der Waals surface area contributed by atoms with Crippen LogP contribution in [0, 0.1) is 11.3 Å². The molecule has 0 rings (SSSR count). The van der Waals surface area contributed by atoms with Gasteiger partial charge in [0.2, 0.25) is 5.91 Å². The first kappa shape index (κ1) is 16.9. The molecule has 106 valence electrons. The Labute approximate surface area is 111 Å². The highest BCUT2D eigenvalue weighted by molar-refractivity contribution is 5.86. The Hall–Kier alpha value is -2.10. The third kappa shape index (κ3) is 7.76. The molecule has 0 aliphatic carbocycles. The molecule has 0 aliphatic rings. The third-order valence-corrected chi connectivity index (χ3v) is 2.39. The normalized spacial score (nSPS) is 11.0. The number of methoxy groups -OCH3 is 2. The predicted octanol–water partition coefficient (Wildman–Crippen LogP) is 0.291. The van der Waals surface area contributed by atoms with Gasteiger partial charge in [0.05, 0.1) is 26.7 Å². The second-order valence-corrected chi connectivity index (χ2v) is 3.77. The fourth-order valence-corrected chi connectivity index (χ4v) is 1.36. The average molecular weight is 270 g/mol. The van der Waals surface area contributed by atoms with Crippen molar-refractivity contribution in [3.63, 3.8) is 0 Å². The third-order valence-electron chi connectivity index (χ3n) is 2.39. The SMILES string of the molecule is COC(=O)CCC(=O)N[C@@H](CCCC#N)C(=O)OC. The van der Waals surface area contributed by atoms with E-state index in [-0.39, 0.29) is 12.8 Å². The van der Waals surface area contributed by atoms with Crippen molar-refractivity contribution in [3.8, 4) is 6.07 Å². The van der Waals surface area contributed by atoms with Crippen molar-refractivity contribution in [1.82, 2.24) is 5.32 Å². The van der Waals surface area contributed by atoms with Crippen LogP contribution in [0.4, 0.5) is 0 Å². The summed E-state index contributed by atoms with van der Waals surface area (Å²) in [7, 11) is 2.46. The molecule has 19 heavy (non-hydrogen) atoms. The Morgan fingerprint density at radius 2 is 1.89 bits per heavy atom. The Kier molecular flexibility index (Phi) is 8.79. The number of carbonyl (C=O) groups is 3. The number of nitrogens with zero attached hydrogens (tertiary/aromatic N) is 1. The molecule has 0 heterocycles. The number of hydrogen-bond acceptors (Lipinski definition) is 6. The Bertz CT molecular complexity index is 362. The van der Waals surface area contributed by atoms with Gasteiger partial charge < -0.3 is 14.8 Å². The number of hydrogen-bond donors (Lipinski definition) is 1. The summed E-state index contributed by atoms with van der Waals surface area (Å²) in [5, 5.41) is 10.9. The molecule has 7 heteroatoms. The van der Waals surface area contributed by atoms with Crippen LogP contribution in [0.3, 0.4) is 0 Å². The molecule has 1 atom stereocenters. The topological polar surface area (TPSA) is 105 Å². The summed E-state index contributed by atoms with van der Waals surface area (Å²) in [4.78, 5) is 33.8. The number of unbranched alkanes of at least 4 members (excludes halogenated alkanes) is 1. The highest BCUT2D eigenvalue weighted by atomic mass is 16.5. The van der Waals surface area contributed by atoms with Gasteiger partial charge in [-0.3, -0.25) is 9.59 Å². The summed E-state index contributed by atoms with van der Waals surface area (Å²) in [6.07, 6.45) is 0.996. The molecule has 0 fully saturated rings. The molecular weight excluding hydrogens is 252 g/mol. The van der Waals surface area contributed by atoms with Gasteiger partial charge in [0.15, 0.2) is 0 Å². The molecular formula is C12H18N2O5. The minimum Gasteiger partial charge on any atom is -0.469 e. The summed E-state index contributed by atoms with van der Waals surface area (Å²) in [5.74, 6) is -1.49. The average Bonchev–Trinajstić information content (AvgIpc) is 2.42. The van der Waals surface area contributed by atoms with Gasteiger partial charge in [-0.05, 0) is 12.8 Å². The van der Waals surface area contributed by atoms with Crippen molar-refractivity contribution in [2.75, 3.05) is 14.2 Å². The lowest BCUT2D eigenvalue weighted by molar-refractivity contribution is -0.145. The molecule has 0 radical (unpaired) electrons. The zero-order chi connectivity index (χ0) is 14.7. The van der Waals surface area contributed by atoms with Gasteiger partial charge in [-0.1, -0.05) is 0 Å². The molecule has 0 spiro atoms. The zero-order valence-corrected chi connectivity index (χ0v) is 11.1. The molecule has 0 aromatic heterocycles. The van der Waals surface area contributed by atoms with Crippen molar-refractivity contribution < 1.29 is 23.9 Å².